The van der Waals surface area contributed by atoms with Gasteiger partial charge < -0.3 is 11.1 Å². The van der Waals surface area contributed by atoms with Crippen LogP contribution in [0.5, 0.6) is 0 Å². The molecule has 1 aromatic rings. The number of rotatable bonds is 4. The van der Waals surface area contributed by atoms with E-state index in [2.05, 4.69) is 5.32 Å². The molecule has 100 valence electrons. The Morgan fingerprint density at radius 3 is 2.56 bits per heavy atom. The Balaban J connectivity index is 2.82. The summed E-state index contributed by atoms with van der Waals surface area (Å²) in [5.74, 6) is -1.53. The second-order valence-electron chi connectivity index (χ2n) is 5.01. The van der Waals surface area contributed by atoms with Gasteiger partial charge in [-0.3, -0.25) is 4.79 Å². The minimum Gasteiger partial charge on any atom is -0.354 e. The highest BCUT2D eigenvalue weighted by Crippen LogP contribution is 2.25. The van der Waals surface area contributed by atoms with Crippen LogP contribution in [-0.2, 0) is 10.2 Å². The Morgan fingerprint density at radius 1 is 1.44 bits per heavy atom. The van der Waals surface area contributed by atoms with Crippen LogP contribution in [0.15, 0.2) is 18.2 Å². The standard InChI is InChI=1S/C13H18F2N2O/c1-8(16)12(18)17-7-13(2,3)10-5-4-9(14)6-11(10)15/h4-6,8H,7,16H2,1-3H3,(H,17,18). The quantitative estimate of drug-likeness (QED) is 0.861. The van der Waals surface area contributed by atoms with Crippen molar-refractivity contribution in [3.63, 3.8) is 0 Å². The van der Waals surface area contributed by atoms with Crippen LogP contribution in [-0.4, -0.2) is 18.5 Å². The molecule has 0 bridgehead atoms. The summed E-state index contributed by atoms with van der Waals surface area (Å²) >= 11 is 0. The zero-order valence-corrected chi connectivity index (χ0v) is 10.8. The minimum absolute atomic E-state index is 0.232. The number of carbonyl (C=O) groups excluding carboxylic acids is 1. The smallest absolute Gasteiger partial charge is 0.236 e. The van der Waals surface area contributed by atoms with Crippen LogP contribution in [0.25, 0.3) is 0 Å². The first-order valence-electron chi connectivity index (χ1n) is 5.73. The van der Waals surface area contributed by atoms with Gasteiger partial charge in [0.2, 0.25) is 5.91 Å². The fourth-order valence-corrected chi connectivity index (χ4v) is 1.60. The van der Waals surface area contributed by atoms with Gasteiger partial charge in [0.1, 0.15) is 11.6 Å². The molecule has 0 heterocycles. The highest BCUT2D eigenvalue weighted by molar-refractivity contribution is 5.81. The van der Waals surface area contributed by atoms with Gasteiger partial charge >= 0.3 is 0 Å². The summed E-state index contributed by atoms with van der Waals surface area (Å²) in [6, 6.07) is 2.82. The summed E-state index contributed by atoms with van der Waals surface area (Å²) in [6.07, 6.45) is 0. The lowest BCUT2D eigenvalue weighted by Crippen LogP contribution is -2.44. The molecule has 0 radical (unpaired) electrons. The molecule has 0 saturated heterocycles. The van der Waals surface area contributed by atoms with Gasteiger partial charge in [-0.2, -0.15) is 0 Å². The lowest BCUT2D eigenvalue weighted by molar-refractivity contribution is -0.122. The van der Waals surface area contributed by atoms with Crippen molar-refractivity contribution in [2.45, 2.75) is 32.2 Å². The first-order chi connectivity index (χ1) is 8.24. The van der Waals surface area contributed by atoms with E-state index in [1.165, 1.54) is 12.1 Å². The van der Waals surface area contributed by atoms with Crippen LogP contribution in [0.1, 0.15) is 26.3 Å². The highest BCUT2D eigenvalue weighted by Gasteiger charge is 2.25. The van der Waals surface area contributed by atoms with Gasteiger partial charge in [0.05, 0.1) is 6.04 Å². The first-order valence-corrected chi connectivity index (χ1v) is 5.73. The Hall–Kier alpha value is -1.49. The molecule has 1 rings (SSSR count). The number of nitrogens with one attached hydrogen (secondary N) is 1. The third-order valence-electron chi connectivity index (χ3n) is 2.78. The van der Waals surface area contributed by atoms with Gasteiger partial charge in [-0.25, -0.2) is 8.78 Å². The van der Waals surface area contributed by atoms with Crippen molar-refractivity contribution in [2.24, 2.45) is 5.73 Å². The summed E-state index contributed by atoms with van der Waals surface area (Å²) < 4.78 is 26.5. The van der Waals surface area contributed by atoms with E-state index in [1.807, 2.05) is 0 Å². The van der Waals surface area contributed by atoms with Gasteiger partial charge in [0.25, 0.3) is 0 Å². The number of hydrogen-bond donors (Lipinski definition) is 2. The van der Waals surface area contributed by atoms with Gasteiger partial charge in [0, 0.05) is 18.0 Å². The number of carbonyl (C=O) groups is 1. The molecule has 1 atom stereocenters. The van der Waals surface area contributed by atoms with Crippen LogP contribution >= 0.6 is 0 Å². The van der Waals surface area contributed by atoms with E-state index in [1.54, 1.807) is 20.8 Å². The molecule has 1 unspecified atom stereocenters. The molecule has 0 aliphatic carbocycles. The number of hydrogen-bond acceptors (Lipinski definition) is 2. The van der Waals surface area contributed by atoms with Gasteiger partial charge in [-0.1, -0.05) is 19.9 Å². The Labute approximate surface area is 105 Å². The molecular weight excluding hydrogens is 238 g/mol. The monoisotopic (exact) mass is 256 g/mol. The predicted octanol–water partition coefficient (Wildman–Crippen LogP) is 1.71. The maximum Gasteiger partial charge on any atom is 0.236 e. The Morgan fingerprint density at radius 2 is 2.06 bits per heavy atom. The van der Waals surface area contributed by atoms with Crippen LogP contribution in [0.3, 0.4) is 0 Å². The van der Waals surface area contributed by atoms with Crippen molar-refractivity contribution in [1.29, 1.82) is 0 Å². The SMILES string of the molecule is CC(N)C(=O)NCC(C)(C)c1ccc(F)cc1F. The lowest BCUT2D eigenvalue weighted by atomic mass is 9.84. The number of nitrogens with two attached hydrogens (primary N) is 1. The average Bonchev–Trinajstić information content (AvgIpc) is 2.25. The van der Waals surface area contributed by atoms with Crippen LogP contribution in [0.2, 0.25) is 0 Å². The maximum absolute atomic E-state index is 13.7. The third kappa shape index (κ3) is 3.50. The van der Waals surface area contributed by atoms with Crippen molar-refractivity contribution in [1.82, 2.24) is 5.32 Å². The summed E-state index contributed by atoms with van der Waals surface area (Å²) in [5.41, 5.74) is 5.14. The van der Waals surface area contributed by atoms with E-state index in [4.69, 9.17) is 5.73 Å². The minimum atomic E-state index is -0.637. The molecule has 1 aromatic carbocycles. The molecule has 18 heavy (non-hydrogen) atoms. The number of halogens is 2. The first kappa shape index (κ1) is 14.6. The molecule has 0 aromatic heterocycles. The maximum atomic E-state index is 13.7. The third-order valence-corrected chi connectivity index (χ3v) is 2.78. The van der Waals surface area contributed by atoms with Gasteiger partial charge in [0.15, 0.2) is 0 Å². The molecule has 0 aliphatic rings. The van der Waals surface area contributed by atoms with Crippen molar-refractivity contribution >= 4 is 5.91 Å². The van der Waals surface area contributed by atoms with Crippen molar-refractivity contribution < 1.29 is 13.6 Å². The highest BCUT2D eigenvalue weighted by atomic mass is 19.1. The second-order valence-corrected chi connectivity index (χ2v) is 5.01. The fourth-order valence-electron chi connectivity index (χ4n) is 1.60. The van der Waals surface area contributed by atoms with E-state index in [0.717, 1.165) is 6.07 Å². The van der Waals surface area contributed by atoms with E-state index in [9.17, 15) is 13.6 Å². The number of benzene rings is 1. The van der Waals surface area contributed by atoms with Crippen molar-refractivity contribution in [2.75, 3.05) is 6.54 Å². The molecule has 0 saturated carbocycles. The van der Waals surface area contributed by atoms with Crippen LogP contribution in [0.4, 0.5) is 8.78 Å². The zero-order chi connectivity index (χ0) is 13.9. The topological polar surface area (TPSA) is 55.1 Å². The Kier molecular flexibility index (Phi) is 4.40. The summed E-state index contributed by atoms with van der Waals surface area (Å²) in [7, 11) is 0. The molecule has 5 heteroatoms. The lowest BCUT2D eigenvalue weighted by Gasteiger charge is -2.26. The van der Waals surface area contributed by atoms with Gasteiger partial charge in [-0.05, 0) is 18.6 Å². The normalized spacial score (nSPS) is 13.2. The number of amides is 1. The van der Waals surface area contributed by atoms with Crippen LogP contribution in [0, 0.1) is 11.6 Å². The fraction of sp³-hybridized carbons (Fsp3) is 0.462. The molecule has 3 N–H and O–H groups in total. The summed E-state index contributed by atoms with van der Waals surface area (Å²) in [6.45, 7) is 5.34. The van der Waals surface area contributed by atoms with E-state index in [-0.39, 0.29) is 12.5 Å². The zero-order valence-electron chi connectivity index (χ0n) is 10.8. The van der Waals surface area contributed by atoms with Crippen molar-refractivity contribution in [3.8, 4) is 0 Å². The molecule has 1 amide bonds. The largest absolute Gasteiger partial charge is 0.354 e. The van der Waals surface area contributed by atoms with Crippen LogP contribution < -0.4 is 11.1 Å². The molecular formula is C13H18F2N2O. The molecule has 0 spiro atoms. The predicted molar refractivity (Wildman–Crippen MR) is 66.0 cm³/mol. The van der Waals surface area contributed by atoms with E-state index >= 15 is 0 Å². The summed E-state index contributed by atoms with van der Waals surface area (Å²) in [4.78, 5) is 11.4. The van der Waals surface area contributed by atoms with E-state index in [0.29, 0.717) is 5.56 Å². The second kappa shape index (κ2) is 5.44. The van der Waals surface area contributed by atoms with Gasteiger partial charge in [-0.15, -0.1) is 0 Å². The molecule has 0 fully saturated rings. The Bertz CT molecular complexity index is 445. The van der Waals surface area contributed by atoms with Crippen molar-refractivity contribution in [3.05, 3.63) is 35.4 Å². The molecule has 3 nitrogen and oxygen atoms in total. The summed E-state index contributed by atoms with van der Waals surface area (Å²) in [5, 5.41) is 2.64. The van der Waals surface area contributed by atoms with E-state index < -0.39 is 23.1 Å². The average molecular weight is 256 g/mol. The molecule has 0 aliphatic heterocycles.